The molecule has 0 aromatic heterocycles. The molecule has 208 valence electrons. The van der Waals surface area contributed by atoms with Crippen molar-refractivity contribution in [2.45, 2.75) is 65.3 Å². The number of nitrogens with zero attached hydrogens (tertiary/aromatic N) is 2. The first-order chi connectivity index (χ1) is 18.5. The lowest BCUT2D eigenvalue weighted by Gasteiger charge is -2.40. The van der Waals surface area contributed by atoms with Gasteiger partial charge in [-0.05, 0) is 37.3 Å². The lowest BCUT2D eigenvalue weighted by atomic mass is 9.97. The van der Waals surface area contributed by atoms with Crippen LogP contribution in [0.25, 0.3) is 5.70 Å². The highest BCUT2D eigenvalue weighted by Crippen LogP contribution is 2.30. The van der Waals surface area contributed by atoms with E-state index in [0.717, 1.165) is 5.56 Å². The zero-order valence-corrected chi connectivity index (χ0v) is 23.0. The summed E-state index contributed by atoms with van der Waals surface area (Å²) < 4.78 is 5.18. The smallest absolute Gasteiger partial charge is 0.337 e. The van der Waals surface area contributed by atoms with E-state index in [1.54, 1.807) is 44.3 Å². The van der Waals surface area contributed by atoms with E-state index < -0.39 is 42.1 Å². The average Bonchev–Trinajstić information content (AvgIpc) is 2.89. The van der Waals surface area contributed by atoms with Crippen LogP contribution in [0.15, 0.2) is 66.9 Å². The Labute approximate surface area is 229 Å². The summed E-state index contributed by atoms with van der Waals surface area (Å²) in [7, 11) is 0. The predicted molar refractivity (Wildman–Crippen MR) is 147 cm³/mol. The molecule has 0 saturated carbocycles. The molecule has 1 heterocycles. The number of rotatable bonds is 10. The molecule has 9 heteroatoms. The predicted octanol–water partition coefficient (Wildman–Crippen LogP) is 2.74. The van der Waals surface area contributed by atoms with Gasteiger partial charge in [0.15, 0.2) is 6.10 Å². The van der Waals surface area contributed by atoms with Gasteiger partial charge in [-0.3, -0.25) is 19.3 Å². The zero-order chi connectivity index (χ0) is 28.7. The molecule has 3 rings (SSSR count). The number of carbonyl (C=O) groups is 4. The first-order valence-corrected chi connectivity index (χ1v) is 13.1. The molecule has 2 aromatic carbocycles. The van der Waals surface area contributed by atoms with Gasteiger partial charge < -0.3 is 20.1 Å². The number of esters is 1. The van der Waals surface area contributed by atoms with Gasteiger partial charge in [0, 0.05) is 13.1 Å². The molecule has 0 spiro atoms. The summed E-state index contributed by atoms with van der Waals surface area (Å²) in [4.78, 5) is 54.9. The largest absolute Gasteiger partial charge is 0.461 e. The van der Waals surface area contributed by atoms with Crippen molar-refractivity contribution >= 4 is 29.4 Å². The van der Waals surface area contributed by atoms with Crippen molar-refractivity contribution in [1.82, 2.24) is 15.1 Å². The van der Waals surface area contributed by atoms with Crippen LogP contribution in [0.3, 0.4) is 0 Å². The van der Waals surface area contributed by atoms with Gasteiger partial charge in [-0.1, -0.05) is 74.5 Å². The van der Waals surface area contributed by atoms with E-state index in [0.29, 0.717) is 11.3 Å². The van der Waals surface area contributed by atoms with Crippen LogP contribution in [-0.2, 0) is 30.3 Å². The SMILES string of the molecule is CC(=O)N1C=C(c2ccccc2)N(CC(=O)NC(Cc2ccccc2)C(O)C(=O)OC(C)C)C(=O)C1C(C)C. The van der Waals surface area contributed by atoms with Crippen LogP contribution in [0.5, 0.6) is 0 Å². The number of hydrogen-bond donors (Lipinski definition) is 2. The summed E-state index contributed by atoms with van der Waals surface area (Å²) in [6.45, 7) is 8.05. The Balaban J connectivity index is 1.92. The first kappa shape index (κ1) is 29.6. The number of aliphatic hydroxyl groups is 1. The minimum absolute atomic E-state index is 0.170. The fourth-order valence-electron chi connectivity index (χ4n) is 4.55. The molecule has 0 saturated heterocycles. The molecule has 3 unspecified atom stereocenters. The van der Waals surface area contributed by atoms with Gasteiger partial charge in [0.25, 0.3) is 5.91 Å². The number of benzene rings is 2. The van der Waals surface area contributed by atoms with Gasteiger partial charge in [0.1, 0.15) is 12.6 Å². The third-order valence-electron chi connectivity index (χ3n) is 6.36. The van der Waals surface area contributed by atoms with E-state index in [1.165, 1.54) is 16.7 Å². The molecule has 9 nitrogen and oxygen atoms in total. The molecule has 0 radical (unpaired) electrons. The van der Waals surface area contributed by atoms with E-state index in [4.69, 9.17) is 4.74 Å². The number of amides is 3. The van der Waals surface area contributed by atoms with Crippen molar-refractivity contribution in [2.24, 2.45) is 5.92 Å². The maximum atomic E-state index is 13.7. The van der Waals surface area contributed by atoms with Gasteiger partial charge >= 0.3 is 5.97 Å². The molecule has 1 aliphatic rings. The highest BCUT2D eigenvalue weighted by Gasteiger charge is 2.40. The quantitative estimate of drug-likeness (QED) is 0.452. The second-order valence-electron chi connectivity index (χ2n) is 10.2. The molecule has 1 aliphatic heterocycles. The molecule has 0 bridgehead atoms. The van der Waals surface area contributed by atoms with Crippen LogP contribution >= 0.6 is 0 Å². The Morgan fingerprint density at radius 1 is 0.974 bits per heavy atom. The number of hydrogen-bond acceptors (Lipinski definition) is 6. The fourth-order valence-corrected chi connectivity index (χ4v) is 4.55. The maximum Gasteiger partial charge on any atom is 0.337 e. The lowest BCUT2D eigenvalue weighted by molar-refractivity contribution is -0.159. The number of nitrogens with one attached hydrogen (secondary N) is 1. The molecule has 39 heavy (non-hydrogen) atoms. The van der Waals surface area contributed by atoms with E-state index in [2.05, 4.69) is 5.32 Å². The Kier molecular flexibility index (Phi) is 10.0. The van der Waals surface area contributed by atoms with Crippen molar-refractivity contribution in [3.05, 3.63) is 78.0 Å². The summed E-state index contributed by atoms with van der Waals surface area (Å²) in [5, 5.41) is 13.6. The van der Waals surface area contributed by atoms with Crippen molar-refractivity contribution in [3.8, 4) is 0 Å². The molecular weight excluding hydrogens is 498 g/mol. The van der Waals surface area contributed by atoms with Crippen LogP contribution < -0.4 is 5.32 Å². The average molecular weight is 536 g/mol. The summed E-state index contributed by atoms with van der Waals surface area (Å²) in [6.07, 6.45) is -0.285. The van der Waals surface area contributed by atoms with Crippen LogP contribution in [-0.4, -0.2) is 69.4 Å². The number of aliphatic hydroxyl groups excluding tert-OH is 1. The Bertz CT molecular complexity index is 1200. The summed E-state index contributed by atoms with van der Waals surface area (Å²) in [5.74, 6) is -2.30. The first-order valence-electron chi connectivity index (χ1n) is 13.1. The molecule has 3 atom stereocenters. The van der Waals surface area contributed by atoms with E-state index in [9.17, 15) is 24.3 Å². The molecule has 0 aliphatic carbocycles. The van der Waals surface area contributed by atoms with Gasteiger partial charge in [-0.2, -0.15) is 0 Å². The van der Waals surface area contributed by atoms with Crippen molar-refractivity contribution < 1.29 is 29.0 Å². The fraction of sp³-hybridized carbons (Fsp3) is 0.400. The third-order valence-corrected chi connectivity index (χ3v) is 6.36. The molecular formula is C30H37N3O6. The zero-order valence-electron chi connectivity index (χ0n) is 23.0. The minimum Gasteiger partial charge on any atom is -0.461 e. The topological polar surface area (TPSA) is 116 Å². The Hall–Kier alpha value is -3.98. The molecule has 3 amide bonds. The second-order valence-corrected chi connectivity index (χ2v) is 10.2. The van der Waals surface area contributed by atoms with Crippen LogP contribution in [0.1, 0.15) is 45.7 Å². The van der Waals surface area contributed by atoms with Crippen LogP contribution in [0, 0.1) is 5.92 Å². The highest BCUT2D eigenvalue weighted by atomic mass is 16.6. The van der Waals surface area contributed by atoms with Crippen LogP contribution in [0.4, 0.5) is 0 Å². The maximum absolute atomic E-state index is 13.7. The molecule has 2 N–H and O–H groups in total. The van der Waals surface area contributed by atoms with Crippen molar-refractivity contribution in [3.63, 3.8) is 0 Å². The molecule has 2 aromatic rings. The van der Waals surface area contributed by atoms with E-state index in [1.807, 2.05) is 50.2 Å². The summed E-state index contributed by atoms with van der Waals surface area (Å²) in [5.41, 5.74) is 1.87. The van der Waals surface area contributed by atoms with Gasteiger partial charge in [-0.15, -0.1) is 0 Å². The minimum atomic E-state index is -1.62. The van der Waals surface area contributed by atoms with E-state index in [-0.39, 0.29) is 24.8 Å². The summed E-state index contributed by atoms with van der Waals surface area (Å²) >= 11 is 0. The van der Waals surface area contributed by atoms with Gasteiger partial charge in [0.05, 0.1) is 17.8 Å². The van der Waals surface area contributed by atoms with Crippen LogP contribution in [0.2, 0.25) is 0 Å². The normalized spacial score (nSPS) is 17.1. The standard InChI is InChI=1S/C30H37N3O6/c1-19(2)27-29(37)33(25(17-32(27)21(5)34)23-14-10-7-11-15-23)18-26(35)31-24(16-22-12-8-6-9-13-22)28(36)30(38)39-20(3)4/h6-15,17,19-20,24,27-28,36H,16,18H2,1-5H3,(H,31,35). The third kappa shape index (κ3) is 7.54. The van der Waals surface area contributed by atoms with Gasteiger partial charge in [0.2, 0.25) is 11.8 Å². The highest BCUT2D eigenvalue weighted by molar-refractivity contribution is 5.99. The van der Waals surface area contributed by atoms with Crippen molar-refractivity contribution in [2.75, 3.05) is 6.54 Å². The lowest BCUT2D eigenvalue weighted by Crippen LogP contribution is -2.57. The Morgan fingerprint density at radius 3 is 2.10 bits per heavy atom. The second kappa shape index (κ2) is 13.2. The van der Waals surface area contributed by atoms with E-state index >= 15 is 0 Å². The van der Waals surface area contributed by atoms with Gasteiger partial charge in [-0.25, -0.2) is 4.79 Å². The Morgan fingerprint density at radius 2 is 1.56 bits per heavy atom. The molecule has 0 fully saturated rings. The number of carbonyl (C=O) groups excluding carboxylic acids is 4. The number of ether oxygens (including phenoxy) is 1. The van der Waals surface area contributed by atoms with Crippen molar-refractivity contribution in [1.29, 1.82) is 0 Å². The summed E-state index contributed by atoms with van der Waals surface area (Å²) in [6, 6.07) is 16.4. The monoisotopic (exact) mass is 535 g/mol.